The van der Waals surface area contributed by atoms with Gasteiger partial charge in [-0.2, -0.15) is 0 Å². The molecule has 0 aliphatic carbocycles. The molecular formula is C17H16FN3O2. The van der Waals surface area contributed by atoms with Gasteiger partial charge in [0.25, 0.3) is 5.91 Å². The van der Waals surface area contributed by atoms with E-state index in [0.29, 0.717) is 18.5 Å². The molecule has 5 nitrogen and oxygen atoms in total. The molecule has 23 heavy (non-hydrogen) atoms. The van der Waals surface area contributed by atoms with Crippen molar-refractivity contribution in [1.82, 2.24) is 15.3 Å². The van der Waals surface area contributed by atoms with Crippen LogP contribution in [0.1, 0.15) is 16.2 Å². The molecule has 3 aromatic rings. The van der Waals surface area contributed by atoms with Crippen LogP contribution in [0.25, 0.3) is 11.0 Å². The zero-order valence-electron chi connectivity index (χ0n) is 12.6. The summed E-state index contributed by atoms with van der Waals surface area (Å²) in [7, 11) is 1.61. The first kappa shape index (κ1) is 15.0. The summed E-state index contributed by atoms with van der Waals surface area (Å²) < 4.78 is 18.3. The number of nitrogens with one attached hydrogen (secondary N) is 2. The molecule has 0 saturated carbocycles. The standard InChI is InChI=1S/C17H16FN3O2/c1-23-13-5-6-14-15(10-13)21-16(20-14)7-8-19-17(22)11-3-2-4-12(18)9-11/h2-6,9-10H,7-8H2,1H3,(H,19,22)(H,20,21). The zero-order chi connectivity index (χ0) is 16.2. The molecule has 0 fully saturated rings. The summed E-state index contributed by atoms with van der Waals surface area (Å²) in [5.41, 5.74) is 2.03. The number of rotatable bonds is 5. The van der Waals surface area contributed by atoms with E-state index in [9.17, 15) is 9.18 Å². The van der Waals surface area contributed by atoms with Crippen LogP contribution < -0.4 is 10.1 Å². The van der Waals surface area contributed by atoms with Gasteiger partial charge >= 0.3 is 0 Å². The Morgan fingerprint density at radius 1 is 1.30 bits per heavy atom. The van der Waals surface area contributed by atoms with Crippen molar-refractivity contribution in [2.75, 3.05) is 13.7 Å². The molecule has 6 heteroatoms. The van der Waals surface area contributed by atoms with E-state index in [2.05, 4.69) is 15.3 Å². The predicted octanol–water partition coefficient (Wildman–Crippen LogP) is 2.68. The number of halogens is 1. The Morgan fingerprint density at radius 2 is 2.17 bits per heavy atom. The average molecular weight is 313 g/mol. The van der Waals surface area contributed by atoms with Gasteiger partial charge in [0, 0.05) is 24.6 Å². The number of fused-ring (bicyclic) bond motifs is 1. The Balaban J connectivity index is 1.61. The molecule has 118 valence electrons. The van der Waals surface area contributed by atoms with Gasteiger partial charge in [-0.05, 0) is 30.3 Å². The molecule has 0 aliphatic rings. The van der Waals surface area contributed by atoms with Crippen LogP contribution in [0, 0.1) is 5.82 Å². The Kier molecular flexibility index (Phi) is 4.23. The topological polar surface area (TPSA) is 67.0 Å². The van der Waals surface area contributed by atoms with Crippen molar-refractivity contribution in [3.63, 3.8) is 0 Å². The fourth-order valence-electron chi connectivity index (χ4n) is 2.31. The quantitative estimate of drug-likeness (QED) is 0.761. The van der Waals surface area contributed by atoms with E-state index < -0.39 is 5.82 Å². The Bertz CT molecular complexity index is 845. The second-order valence-electron chi connectivity index (χ2n) is 5.08. The Labute approximate surface area is 132 Å². The van der Waals surface area contributed by atoms with Crippen LogP contribution >= 0.6 is 0 Å². The van der Waals surface area contributed by atoms with Crippen LogP contribution in [-0.2, 0) is 6.42 Å². The molecule has 0 aliphatic heterocycles. The first-order valence-electron chi connectivity index (χ1n) is 7.22. The van der Waals surface area contributed by atoms with Crippen molar-refractivity contribution in [1.29, 1.82) is 0 Å². The second kappa shape index (κ2) is 6.48. The summed E-state index contributed by atoms with van der Waals surface area (Å²) in [6, 6.07) is 11.2. The van der Waals surface area contributed by atoms with Gasteiger partial charge in [0.05, 0.1) is 18.1 Å². The van der Waals surface area contributed by atoms with E-state index in [1.165, 1.54) is 18.2 Å². The fourth-order valence-corrected chi connectivity index (χ4v) is 2.31. The van der Waals surface area contributed by atoms with Crippen LogP contribution in [0.4, 0.5) is 4.39 Å². The maximum atomic E-state index is 13.1. The van der Waals surface area contributed by atoms with Gasteiger partial charge in [0.2, 0.25) is 0 Å². The van der Waals surface area contributed by atoms with Gasteiger partial charge in [-0.25, -0.2) is 9.37 Å². The summed E-state index contributed by atoms with van der Waals surface area (Å²) in [5.74, 6) is 0.797. The fraction of sp³-hybridized carbons (Fsp3) is 0.176. The van der Waals surface area contributed by atoms with Gasteiger partial charge < -0.3 is 15.0 Å². The number of nitrogens with zero attached hydrogens (tertiary/aromatic N) is 1. The van der Waals surface area contributed by atoms with Crippen molar-refractivity contribution < 1.29 is 13.9 Å². The van der Waals surface area contributed by atoms with Crippen molar-refractivity contribution in [3.05, 3.63) is 59.7 Å². The molecule has 3 rings (SSSR count). The van der Waals surface area contributed by atoms with E-state index in [0.717, 1.165) is 22.6 Å². The number of aromatic amines is 1. The van der Waals surface area contributed by atoms with E-state index >= 15 is 0 Å². The van der Waals surface area contributed by atoms with Gasteiger partial charge in [-0.1, -0.05) is 6.07 Å². The molecule has 0 radical (unpaired) electrons. The zero-order valence-corrected chi connectivity index (χ0v) is 12.6. The number of hydrogen-bond donors (Lipinski definition) is 2. The van der Waals surface area contributed by atoms with Crippen LogP contribution in [0.2, 0.25) is 0 Å². The number of hydrogen-bond acceptors (Lipinski definition) is 3. The lowest BCUT2D eigenvalue weighted by molar-refractivity contribution is 0.0953. The molecule has 0 unspecified atom stereocenters. The van der Waals surface area contributed by atoms with Crippen LogP contribution in [0.15, 0.2) is 42.5 Å². The molecule has 2 aromatic carbocycles. The highest BCUT2D eigenvalue weighted by Crippen LogP contribution is 2.18. The highest BCUT2D eigenvalue weighted by Gasteiger charge is 2.07. The van der Waals surface area contributed by atoms with Gasteiger partial charge in [0.1, 0.15) is 17.4 Å². The highest BCUT2D eigenvalue weighted by atomic mass is 19.1. The minimum Gasteiger partial charge on any atom is -0.497 e. The molecule has 2 N–H and O–H groups in total. The van der Waals surface area contributed by atoms with Gasteiger partial charge in [-0.15, -0.1) is 0 Å². The smallest absolute Gasteiger partial charge is 0.251 e. The largest absolute Gasteiger partial charge is 0.497 e. The van der Waals surface area contributed by atoms with Crippen molar-refractivity contribution in [3.8, 4) is 5.75 Å². The summed E-state index contributed by atoms with van der Waals surface area (Å²) in [6.45, 7) is 0.409. The number of ether oxygens (including phenoxy) is 1. The normalized spacial score (nSPS) is 10.7. The average Bonchev–Trinajstić information content (AvgIpc) is 2.96. The predicted molar refractivity (Wildman–Crippen MR) is 85.1 cm³/mol. The molecule has 0 bridgehead atoms. The number of H-pyrrole nitrogens is 1. The highest BCUT2D eigenvalue weighted by molar-refractivity contribution is 5.94. The van der Waals surface area contributed by atoms with Gasteiger partial charge in [-0.3, -0.25) is 4.79 Å². The molecule has 0 saturated heterocycles. The van der Waals surface area contributed by atoms with Gasteiger partial charge in [0.15, 0.2) is 0 Å². The molecular weight excluding hydrogens is 297 g/mol. The Hall–Kier alpha value is -2.89. The third-order valence-corrected chi connectivity index (χ3v) is 3.47. The van der Waals surface area contributed by atoms with Crippen LogP contribution in [0.3, 0.4) is 0 Å². The third kappa shape index (κ3) is 3.48. The lowest BCUT2D eigenvalue weighted by Crippen LogP contribution is -2.26. The summed E-state index contributed by atoms with van der Waals surface area (Å²) in [5, 5.41) is 2.75. The molecule has 0 atom stereocenters. The first-order chi connectivity index (χ1) is 11.2. The second-order valence-corrected chi connectivity index (χ2v) is 5.08. The van der Waals surface area contributed by atoms with E-state index in [1.54, 1.807) is 13.2 Å². The first-order valence-corrected chi connectivity index (χ1v) is 7.22. The molecule has 0 spiro atoms. The van der Waals surface area contributed by atoms with Crippen LogP contribution in [0.5, 0.6) is 5.75 Å². The van der Waals surface area contributed by atoms with E-state index in [4.69, 9.17) is 4.74 Å². The minimum absolute atomic E-state index is 0.303. The number of carbonyl (C=O) groups is 1. The number of benzene rings is 2. The number of carbonyl (C=O) groups excluding carboxylic acids is 1. The van der Waals surface area contributed by atoms with Crippen molar-refractivity contribution in [2.45, 2.75) is 6.42 Å². The van der Waals surface area contributed by atoms with E-state index in [1.807, 2.05) is 18.2 Å². The summed E-state index contributed by atoms with van der Waals surface area (Å²) in [4.78, 5) is 19.6. The van der Waals surface area contributed by atoms with Crippen LogP contribution in [-0.4, -0.2) is 29.5 Å². The van der Waals surface area contributed by atoms with E-state index in [-0.39, 0.29) is 5.91 Å². The maximum absolute atomic E-state index is 13.1. The minimum atomic E-state index is -0.427. The third-order valence-electron chi connectivity index (χ3n) is 3.47. The number of aromatic nitrogens is 2. The molecule has 1 heterocycles. The maximum Gasteiger partial charge on any atom is 0.251 e. The Morgan fingerprint density at radius 3 is 2.96 bits per heavy atom. The van der Waals surface area contributed by atoms with Crippen molar-refractivity contribution >= 4 is 16.9 Å². The number of imidazole rings is 1. The molecule has 1 amide bonds. The lowest BCUT2D eigenvalue weighted by atomic mass is 10.2. The summed E-state index contributed by atoms with van der Waals surface area (Å²) >= 11 is 0. The number of amides is 1. The SMILES string of the molecule is COc1ccc2nc(CCNC(=O)c3cccc(F)c3)[nH]c2c1. The monoisotopic (exact) mass is 313 g/mol. The number of methoxy groups -OCH3 is 1. The lowest BCUT2D eigenvalue weighted by Gasteiger charge is -2.04. The van der Waals surface area contributed by atoms with Crippen molar-refractivity contribution in [2.24, 2.45) is 0 Å². The molecule has 1 aromatic heterocycles. The summed E-state index contributed by atoms with van der Waals surface area (Å²) in [6.07, 6.45) is 0.554.